The number of pyridine rings is 1. The molecule has 0 aliphatic rings. The van der Waals surface area contributed by atoms with Crippen LogP contribution in [0.5, 0.6) is 0 Å². The first-order chi connectivity index (χ1) is 9.99. The molecule has 0 saturated carbocycles. The second-order valence-corrected chi connectivity index (χ2v) is 4.71. The molecule has 108 valence electrons. The van der Waals surface area contributed by atoms with Crippen molar-refractivity contribution >= 4 is 11.6 Å². The molecule has 1 amide bonds. The van der Waals surface area contributed by atoms with Crippen molar-refractivity contribution in [3.05, 3.63) is 69.5 Å². The Bertz CT molecular complexity index is 685. The summed E-state index contributed by atoms with van der Waals surface area (Å²) in [6.45, 7) is 1.96. The molecular weight excluding hydrogens is 270 g/mol. The van der Waals surface area contributed by atoms with Crippen LogP contribution in [0.2, 0.25) is 0 Å². The minimum absolute atomic E-state index is 0.00866. The first kappa shape index (κ1) is 14.6. The normalized spacial score (nSPS) is 10.2. The van der Waals surface area contributed by atoms with Crippen molar-refractivity contribution in [3.63, 3.8) is 0 Å². The molecule has 0 saturated heterocycles. The maximum Gasteiger partial charge on any atom is 0.274 e. The second-order valence-electron chi connectivity index (χ2n) is 4.71. The highest BCUT2D eigenvalue weighted by atomic mass is 16.6. The van der Waals surface area contributed by atoms with E-state index >= 15 is 0 Å². The van der Waals surface area contributed by atoms with E-state index in [1.54, 1.807) is 50.4 Å². The third-order valence-corrected chi connectivity index (χ3v) is 3.05. The summed E-state index contributed by atoms with van der Waals surface area (Å²) < 4.78 is 0. The molecule has 1 heterocycles. The SMILES string of the molecule is Cc1cccc(C(=O)N(C)Cc2ccccc2[N+](=O)[O-])n1. The van der Waals surface area contributed by atoms with Crippen LogP contribution in [0.1, 0.15) is 21.7 Å². The van der Waals surface area contributed by atoms with Gasteiger partial charge < -0.3 is 4.90 Å². The molecule has 0 unspecified atom stereocenters. The Morgan fingerprint density at radius 1 is 1.24 bits per heavy atom. The number of nitro groups is 1. The summed E-state index contributed by atoms with van der Waals surface area (Å²) in [7, 11) is 1.60. The predicted molar refractivity (Wildman–Crippen MR) is 77.9 cm³/mol. The minimum atomic E-state index is -0.446. The van der Waals surface area contributed by atoms with Crippen molar-refractivity contribution in [2.24, 2.45) is 0 Å². The van der Waals surface area contributed by atoms with Gasteiger partial charge in [-0.2, -0.15) is 0 Å². The molecule has 0 fully saturated rings. The van der Waals surface area contributed by atoms with Gasteiger partial charge in [-0.05, 0) is 19.1 Å². The summed E-state index contributed by atoms with van der Waals surface area (Å²) in [4.78, 5) is 28.4. The highest BCUT2D eigenvalue weighted by Crippen LogP contribution is 2.19. The van der Waals surface area contributed by atoms with Crippen LogP contribution in [-0.2, 0) is 6.54 Å². The molecular formula is C15H15N3O3. The Hall–Kier alpha value is -2.76. The van der Waals surface area contributed by atoms with Crippen molar-refractivity contribution in [2.75, 3.05) is 7.05 Å². The van der Waals surface area contributed by atoms with Gasteiger partial charge in [0.1, 0.15) is 5.69 Å². The van der Waals surface area contributed by atoms with Gasteiger partial charge in [0.05, 0.1) is 11.5 Å². The van der Waals surface area contributed by atoms with Crippen LogP contribution in [0, 0.1) is 17.0 Å². The Labute approximate surface area is 122 Å². The predicted octanol–water partition coefficient (Wildman–Crippen LogP) is 2.57. The molecule has 0 atom stereocenters. The van der Waals surface area contributed by atoms with Crippen LogP contribution in [-0.4, -0.2) is 27.8 Å². The number of nitro benzene ring substituents is 1. The molecule has 2 aromatic rings. The van der Waals surface area contributed by atoms with E-state index in [4.69, 9.17) is 0 Å². The largest absolute Gasteiger partial charge is 0.336 e. The molecule has 6 heteroatoms. The minimum Gasteiger partial charge on any atom is -0.336 e. The zero-order valence-corrected chi connectivity index (χ0v) is 11.8. The maximum atomic E-state index is 12.3. The number of amides is 1. The number of nitrogens with zero attached hydrogens (tertiary/aromatic N) is 3. The van der Waals surface area contributed by atoms with Gasteiger partial charge in [0.15, 0.2) is 0 Å². The van der Waals surface area contributed by atoms with Gasteiger partial charge in [-0.15, -0.1) is 0 Å². The zero-order chi connectivity index (χ0) is 15.4. The van der Waals surface area contributed by atoms with Crippen molar-refractivity contribution < 1.29 is 9.72 Å². The van der Waals surface area contributed by atoms with Crippen molar-refractivity contribution in [1.82, 2.24) is 9.88 Å². The average Bonchev–Trinajstić information content (AvgIpc) is 2.46. The molecule has 6 nitrogen and oxygen atoms in total. The summed E-state index contributed by atoms with van der Waals surface area (Å²) in [6, 6.07) is 11.6. The van der Waals surface area contributed by atoms with Gasteiger partial charge in [0, 0.05) is 24.4 Å². The first-order valence-electron chi connectivity index (χ1n) is 6.40. The lowest BCUT2D eigenvalue weighted by molar-refractivity contribution is -0.385. The standard InChI is InChI=1S/C15H15N3O3/c1-11-6-5-8-13(16-11)15(19)17(2)10-12-7-3-4-9-14(12)18(20)21/h3-9H,10H2,1-2H3. The number of para-hydroxylation sites is 1. The number of aryl methyl sites for hydroxylation is 1. The molecule has 0 spiro atoms. The van der Waals surface area contributed by atoms with Gasteiger partial charge in [0.2, 0.25) is 0 Å². The Morgan fingerprint density at radius 3 is 2.62 bits per heavy atom. The number of rotatable bonds is 4. The monoisotopic (exact) mass is 285 g/mol. The number of aromatic nitrogens is 1. The fourth-order valence-electron chi connectivity index (χ4n) is 2.01. The van der Waals surface area contributed by atoms with Crippen LogP contribution in [0.25, 0.3) is 0 Å². The molecule has 0 radical (unpaired) electrons. The zero-order valence-electron chi connectivity index (χ0n) is 11.8. The topological polar surface area (TPSA) is 76.3 Å². The lowest BCUT2D eigenvalue weighted by Gasteiger charge is -2.17. The number of carbonyl (C=O) groups excluding carboxylic acids is 1. The van der Waals surface area contributed by atoms with Crippen LogP contribution in [0.15, 0.2) is 42.5 Å². The van der Waals surface area contributed by atoms with E-state index in [1.807, 2.05) is 0 Å². The van der Waals surface area contributed by atoms with E-state index in [0.717, 1.165) is 5.69 Å². The van der Waals surface area contributed by atoms with Gasteiger partial charge in [-0.1, -0.05) is 24.3 Å². The van der Waals surface area contributed by atoms with Crippen LogP contribution in [0.3, 0.4) is 0 Å². The number of hydrogen-bond donors (Lipinski definition) is 0. The van der Waals surface area contributed by atoms with E-state index in [9.17, 15) is 14.9 Å². The van der Waals surface area contributed by atoms with Crippen LogP contribution < -0.4 is 0 Å². The number of benzene rings is 1. The smallest absolute Gasteiger partial charge is 0.274 e. The van der Waals surface area contributed by atoms with Crippen molar-refractivity contribution in [2.45, 2.75) is 13.5 Å². The maximum absolute atomic E-state index is 12.3. The van der Waals surface area contributed by atoms with Gasteiger partial charge in [-0.25, -0.2) is 4.98 Å². The van der Waals surface area contributed by atoms with Gasteiger partial charge >= 0.3 is 0 Å². The first-order valence-corrected chi connectivity index (χ1v) is 6.40. The van der Waals surface area contributed by atoms with Crippen molar-refractivity contribution in [1.29, 1.82) is 0 Å². The molecule has 2 rings (SSSR count). The molecule has 0 aliphatic carbocycles. The number of carbonyl (C=O) groups is 1. The summed E-state index contributed by atoms with van der Waals surface area (Å²) >= 11 is 0. The fraction of sp³-hybridized carbons (Fsp3) is 0.200. The quantitative estimate of drug-likeness (QED) is 0.639. The van der Waals surface area contributed by atoms with E-state index in [2.05, 4.69) is 4.98 Å². The lowest BCUT2D eigenvalue weighted by Crippen LogP contribution is -2.27. The van der Waals surface area contributed by atoms with Gasteiger partial charge in [0.25, 0.3) is 11.6 Å². The molecule has 0 aliphatic heterocycles. The van der Waals surface area contributed by atoms with E-state index < -0.39 is 4.92 Å². The van der Waals surface area contributed by atoms with Crippen LogP contribution >= 0.6 is 0 Å². The van der Waals surface area contributed by atoms with Crippen molar-refractivity contribution in [3.8, 4) is 0 Å². The Kier molecular flexibility index (Phi) is 4.27. The van der Waals surface area contributed by atoms with Crippen LogP contribution in [0.4, 0.5) is 5.69 Å². The van der Waals surface area contributed by atoms with E-state index in [-0.39, 0.29) is 18.1 Å². The highest BCUT2D eigenvalue weighted by molar-refractivity contribution is 5.92. The number of hydrogen-bond acceptors (Lipinski definition) is 4. The Morgan fingerprint density at radius 2 is 1.95 bits per heavy atom. The van der Waals surface area contributed by atoms with E-state index in [0.29, 0.717) is 11.3 Å². The third-order valence-electron chi connectivity index (χ3n) is 3.05. The lowest BCUT2D eigenvalue weighted by atomic mass is 10.1. The molecule has 0 N–H and O–H groups in total. The highest BCUT2D eigenvalue weighted by Gasteiger charge is 2.18. The average molecular weight is 285 g/mol. The summed E-state index contributed by atoms with van der Waals surface area (Å²) in [5.41, 5.74) is 1.58. The molecule has 1 aromatic carbocycles. The summed E-state index contributed by atoms with van der Waals surface area (Å²) in [6.07, 6.45) is 0. The molecule has 1 aromatic heterocycles. The van der Waals surface area contributed by atoms with E-state index in [1.165, 1.54) is 11.0 Å². The fourth-order valence-corrected chi connectivity index (χ4v) is 2.01. The molecule has 0 bridgehead atoms. The van der Waals surface area contributed by atoms with Gasteiger partial charge in [-0.3, -0.25) is 14.9 Å². The summed E-state index contributed by atoms with van der Waals surface area (Å²) in [5.74, 6) is -0.267. The summed E-state index contributed by atoms with van der Waals surface area (Å²) in [5, 5.41) is 11.0. The molecule has 21 heavy (non-hydrogen) atoms. The Balaban J connectivity index is 2.20. The third kappa shape index (κ3) is 3.42. The second kappa shape index (κ2) is 6.13.